The first-order valence-electron chi connectivity index (χ1n) is 13.6. The van der Waals surface area contributed by atoms with Gasteiger partial charge in [-0.3, -0.25) is 29.5 Å². The lowest BCUT2D eigenvalue weighted by Gasteiger charge is -2.27. The maximum absolute atomic E-state index is 12.5. The number of morpholine rings is 1. The molecule has 224 valence electrons. The topological polar surface area (TPSA) is 138 Å². The molecule has 2 saturated heterocycles. The van der Waals surface area contributed by atoms with Gasteiger partial charge < -0.3 is 24.0 Å². The van der Waals surface area contributed by atoms with E-state index in [1.807, 2.05) is 30.3 Å². The summed E-state index contributed by atoms with van der Waals surface area (Å²) in [6.45, 7) is 1.67. The standard InChI is InChI=1S/C29H35N5O8/c1-31(18-26(36)30-25(35)12-13-32(2)28(38)41-19-21-6-4-3-5-7-21)16-24-17-34(29(39)42-24)23-10-8-22(9-11-23)33-14-15-40-20-27(33)37/h3-11,24H,12-20H2,1-2H3,(H,30,35,36)/t24-/m0/s1. The van der Waals surface area contributed by atoms with Crippen LogP contribution in [0.4, 0.5) is 21.0 Å². The summed E-state index contributed by atoms with van der Waals surface area (Å²) in [7, 11) is 3.20. The van der Waals surface area contributed by atoms with Crippen molar-refractivity contribution in [2.24, 2.45) is 0 Å². The van der Waals surface area contributed by atoms with Crippen LogP contribution >= 0.6 is 0 Å². The first-order chi connectivity index (χ1) is 20.2. The second kappa shape index (κ2) is 14.4. The summed E-state index contributed by atoms with van der Waals surface area (Å²) in [5, 5.41) is 2.31. The van der Waals surface area contributed by atoms with Crippen LogP contribution in [0.15, 0.2) is 54.6 Å². The number of carbonyl (C=O) groups is 5. The van der Waals surface area contributed by atoms with E-state index in [0.29, 0.717) is 18.8 Å². The lowest BCUT2D eigenvalue weighted by Crippen LogP contribution is -2.42. The van der Waals surface area contributed by atoms with Crippen molar-refractivity contribution in [1.29, 1.82) is 0 Å². The second-order valence-corrected chi connectivity index (χ2v) is 10.1. The summed E-state index contributed by atoms with van der Waals surface area (Å²) in [4.78, 5) is 67.4. The fourth-order valence-electron chi connectivity index (χ4n) is 4.54. The van der Waals surface area contributed by atoms with Gasteiger partial charge in [-0.25, -0.2) is 9.59 Å². The highest BCUT2D eigenvalue weighted by Crippen LogP contribution is 2.26. The van der Waals surface area contributed by atoms with Gasteiger partial charge in [0.25, 0.3) is 5.91 Å². The molecule has 2 aromatic carbocycles. The van der Waals surface area contributed by atoms with Crippen LogP contribution in [0.1, 0.15) is 12.0 Å². The molecule has 2 fully saturated rings. The minimum absolute atomic E-state index is 0.0466. The van der Waals surface area contributed by atoms with E-state index in [1.54, 1.807) is 41.1 Å². The summed E-state index contributed by atoms with van der Waals surface area (Å²) < 4.78 is 15.9. The van der Waals surface area contributed by atoms with Crippen molar-refractivity contribution < 1.29 is 38.2 Å². The van der Waals surface area contributed by atoms with Crippen molar-refractivity contribution in [3.63, 3.8) is 0 Å². The van der Waals surface area contributed by atoms with E-state index >= 15 is 0 Å². The zero-order valence-electron chi connectivity index (χ0n) is 23.7. The van der Waals surface area contributed by atoms with E-state index in [2.05, 4.69) is 5.32 Å². The van der Waals surface area contributed by atoms with E-state index < -0.39 is 30.1 Å². The van der Waals surface area contributed by atoms with Crippen molar-refractivity contribution in [2.75, 3.05) is 69.8 Å². The monoisotopic (exact) mass is 581 g/mol. The van der Waals surface area contributed by atoms with Gasteiger partial charge in [0.15, 0.2) is 0 Å². The van der Waals surface area contributed by atoms with Crippen LogP contribution in [-0.4, -0.2) is 106 Å². The predicted molar refractivity (Wildman–Crippen MR) is 152 cm³/mol. The molecule has 2 heterocycles. The fraction of sp³-hybridized carbons (Fsp3) is 0.414. The average molecular weight is 582 g/mol. The molecule has 2 aliphatic heterocycles. The molecule has 1 N–H and O–H groups in total. The number of nitrogens with one attached hydrogen (secondary N) is 1. The van der Waals surface area contributed by atoms with Crippen LogP contribution in [-0.2, 0) is 35.2 Å². The SMILES string of the molecule is CN(CC(=O)NC(=O)CCN(C)C(=O)OCc1ccccc1)C[C@H]1CN(c2ccc(N3CCOCC3=O)cc2)C(=O)O1. The summed E-state index contributed by atoms with van der Waals surface area (Å²) in [6.07, 6.45) is -1.63. The molecule has 0 aromatic heterocycles. The molecule has 42 heavy (non-hydrogen) atoms. The van der Waals surface area contributed by atoms with Gasteiger partial charge in [0.05, 0.1) is 19.7 Å². The van der Waals surface area contributed by atoms with Crippen LogP contribution in [0.5, 0.6) is 0 Å². The zero-order chi connectivity index (χ0) is 30.1. The Hall–Kier alpha value is -4.49. The van der Waals surface area contributed by atoms with Gasteiger partial charge in [-0.05, 0) is 36.9 Å². The smallest absolute Gasteiger partial charge is 0.414 e. The maximum Gasteiger partial charge on any atom is 0.414 e. The highest BCUT2D eigenvalue weighted by Gasteiger charge is 2.33. The van der Waals surface area contributed by atoms with Gasteiger partial charge in [0.1, 0.15) is 19.3 Å². The predicted octanol–water partition coefficient (Wildman–Crippen LogP) is 1.61. The Labute approximate surface area is 243 Å². The molecule has 0 radical (unpaired) electrons. The Bertz CT molecular complexity index is 1270. The van der Waals surface area contributed by atoms with Gasteiger partial charge in [0.2, 0.25) is 11.8 Å². The minimum Gasteiger partial charge on any atom is -0.445 e. The molecule has 1 atom stereocenters. The molecule has 0 unspecified atom stereocenters. The molecular weight excluding hydrogens is 546 g/mol. The highest BCUT2D eigenvalue weighted by molar-refractivity contribution is 5.96. The fourth-order valence-corrected chi connectivity index (χ4v) is 4.54. The van der Waals surface area contributed by atoms with Gasteiger partial charge in [-0.15, -0.1) is 0 Å². The van der Waals surface area contributed by atoms with E-state index in [9.17, 15) is 24.0 Å². The maximum atomic E-state index is 12.5. The average Bonchev–Trinajstić information content (AvgIpc) is 3.34. The first kappa shape index (κ1) is 30.5. The van der Waals surface area contributed by atoms with Crippen LogP contribution < -0.4 is 15.1 Å². The molecule has 2 aliphatic rings. The largest absolute Gasteiger partial charge is 0.445 e. The molecule has 4 rings (SSSR count). The number of imide groups is 1. The van der Waals surface area contributed by atoms with E-state index in [-0.39, 0.29) is 51.7 Å². The number of ether oxygens (including phenoxy) is 3. The number of hydrogen-bond acceptors (Lipinski definition) is 9. The quantitative estimate of drug-likeness (QED) is 0.419. The van der Waals surface area contributed by atoms with Gasteiger partial charge in [-0.2, -0.15) is 0 Å². The number of nitrogens with zero attached hydrogens (tertiary/aromatic N) is 4. The number of likely N-dealkylation sites (N-methyl/N-ethyl adjacent to an activating group) is 1. The lowest BCUT2D eigenvalue weighted by atomic mass is 10.2. The normalized spacial score (nSPS) is 16.8. The van der Waals surface area contributed by atoms with Crippen molar-refractivity contribution >= 4 is 41.3 Å². The van der Waals surface area contributed by atoms with Gasteiger partial charge >= 0.3 is 12.2 Å². The molecule has 13 nitrogen and oxygen atoms in total. The van der Waals surface area contributed by atoms with Crippen LogP contribution in [0.3, 0.4) is 0 Å². The number of rotatable bonds is 11. The molecular formula is C29H35N5O8. The molecule has 0 spiro atoms. The molecule has 5 amide bonds. The molecule has 13 heteroatoms. The van der Waals surface area contributed by atoms with Crippen LogP contribution in [0.2, 0.25) is 0 Å². The van der Waals surface area contributed by atoms with Gasteiger partial charge in [0, 0.05) is 44.5 Å². The van der Waals surface area contributed by atoms with Crippen molar-refractivity contribution in [1.82, 2.24) is 15.1 Å². The third kappa shape index (κ3) is 8.51. The Morgan fingerprint density at radius 2 is 1.67 bits per heavy atom. The minimum atomic E-state index is -0.569. The third-order valence-electron chi connectivity index (χ3n) is 6.73. The van der Waals surface area contributed by atoms with E-state index in [1.165, 1.54) is 16.8 Å². The number of hydrogen-bond donors (Lipinski definition) is 1. The molecule has 0 saturated carbocycles. The Morgan fingerprint density at radius 3 is 2.36 bits per heavy atom. The lowest BCUT2D eigenvalue weighted by molar-refractivity contribution is -0.131. The van der Waals surface area contributed by atoms with E-state index in [0.717, 1.165) is 11.3 Å². The number of cyclic esters (lactones) is 1. The van der Waals surface area contributed by atoms with Crippen LogP contribution in [0.25, 0.3) is 0 Å². The third-order valence-corrected chi connectivity index (χ3v) is 6.73. The summed E-state index contributed by atoms with van der Waals surface area (Å²) in [5.41, 5.74) is 2.21. The van der Waals surface area contributed by atoms with Gasteiger partial charge in [-0.1, -0.05) is 30.3 Å². The Balaban J connectivity index is 1.15. The Morgan fingerprint density at radius 1 is 0.976 bits per heavy atom. The van der Waals surface area contributed by atoms with Crippen LogP contribution in [0, 0.1) is 0 Å². The number of anilines is 2. The highest BCUT2D eigenvalue weighted by atomic mass is 16.6. The van der Waals surface area contributed by atoms with Crippen molar-refractivity contribution in [3.05, 3.63) is 60.2 Å². The summed E-state index contributed by atoms with van der Waals surface area (Å²) in [5.74, 6) is -1.14. The molecule has 0 bridgehead atoms. The number of benzene rings is 2. The van der Waals surface area contributed by atoms with Crippen molar-refractivity contribution in [2.45, 2.75) is 19.1 Å². The number of amides is 5. The first-order valence-corrected chi connectivity index (χ1v) is 13.6. The second-order valence-electron chi connectivity index (χ2n) is 10.1. The van der Waals surface area contributed by atoms with E-state index in [4.69, 9.17) is 14.2 Å². The molecule has 0 aliphatic carbocycles. The zero-order valence-corrected chi connectivity index (χ0v) is 23.7. The Kier molecular flexibility index (Phi) is 10.5. The molecule has 2 aromatic rings. The summed E-state index contributed by atoms with van der Waals surface area (Å²) >= 11 is 0. The van der Waals surface area contributed by atoms with Crippen molar-refractivity contribution in [3.8, 4) is 0 Å². The number of carbonyl (C=O) groups excluding carboxylic acids is 5. The summed E-state index contributed by atoms with van der Waals surface area (Å²) in [6, 6.07) is 16.3.